The first-order valence-corrected chi connectivity index (χ1v) is 11.6. The van der Waals surface area contributed by atoms with E-state index in [1.165, 1.54) is 11.6 Å². The summed E-state index contributed by atoms with van der Waals surface area (Å²) >= 11 is 1.63. The van der Waals surface area contributed by atoms with Gasteiger partial charge in [0.1, 0.15) is 0 Å². The van der Waals surface area contributed by atoms with Crippen LogP contribution in [0.25, 0.3) is 11.3 Å². The highest BCUT2D eigenvalue weighted by Crippen LogP contribution is 2.38. The summed E-state index contributed by atoms with van der Waals surface area (Å²) in [5, 5.41) is 12.2. The van der Waals surface area contributed by atoms with Crippen molar-refractivity contribution < 1.29 is 9.72 Å². The van der Waals surface area contributed by atoms with Crippen molar-refractivity contribution in [3.8, 4) is 11.3 Å². The third kappa shape index (κ3) is 4.13. The maximum Gasteiger partial charge on any atom is 0.278 e. The van der Waals surface area contributed by atoms with Crippen LogP contribution in [0.15, 0.2) is 66.0 Å². The number of nitro groups is 1. The maximum atomic E-state index is 12.8. The molecule has 32 heavy (non-hydrogen) atoms. The SMILES string of the molecule is O=C1CN(Cc2ccccc2)CCN1CC1CSc2nc(-c3ccccc3[N+](=O)[O-])cn21. The molecule has 164 valence electrons. The van der Waals surface area contributed by atoms with E-state index < -0.39 is 0 Å². The Hall–Kier alpha value is -3.17. The van der Waals surface area contributed by atoms with Gasteiger partial charge in [-0.1, -0.05) is 54.2 Å². The van der Waals surface area contributed by atoms with Crippen LogP contribution >= 0.6 is 11.8 Å². The van der Waals surface area contributed by atoms with Gasteiger partial charge in [-0.3, -0.25) is 19.8 Å². The average molecular weight is 450 g/mol. The second-order valence-corrected chi connectivity index (χ2v) is 9.08. The molecule has 1 saturated heterocycles. The number of benzene rings is 2. The zero-order chi connectivity index (χ0) is 22.1. The molecule has 0 N–H and O–H groups in total. The van der Waals surface area contributed by atoms with Gasteiger partial charge in [0.05, 0.1) is 28.8 Å². The van der Waals surface area contributed by atoms with Gasteiger partial charge in [-0.25, -0.2) is 4.98 Å². The molecule has 0 radical (unpaired) electrons. The van der Waals surface area contributed by atoms with Crippen molar-refractivity contribution in [3.63, 3.8) is 0 Å². The molecular formula is C23H23N5O3S. The van der Waals surface area contributed by atoms with Crippen LogP contribution in [-0.2, 0) is 11.3 Å². The third-order valence-electron chi connectivity index (χ3n) is 5.95. The molecule has 3 heterocycles. The van der Waals surface area contributed by atoms with Crippen LogP contribution < -0.4 is 0 Å². The molecule has 8 nitrogen and oxygen atoms in total. The van der Waals surface area contributed by atoms with Gasteiger partial charge in [0.25, 0.3) is 5.69 Å². The number of rotatable bonds is 6. The molecule has 3 aromatic rings. The highest BCUT2D eigenvalue weighted by molar-refractivity contribution is 7.99. The van der Waals surface area contributed by atoms with E-state index in [4.69, 9.17) is 0 Å². The van der Waals surface area contributed by atoms with E-state index >= 15 is 0 Å². The number of thioether (sulfide) groups is 1. The quantitative estimate of drug-likeness (QED) is 0.423. The first-order valence-electron chi connectivity index (χ1n) is 10.6. The van der Waals surface area contributed by atoms with E-state index in [0.29, 0.717) is 30.9 Å². The molecule has 2 aliphatic rings. The normalized spacial score (nSPS) is 18.7. The lowest BCUT2D eigenvalue weighted by molar-refractivity contribution is -0.384. The lowest BCUT2D eigenvalue weighted by atomic mass is 10.1. The van der Waals surface area contributed by atoms with Crippen LogP contribution in [0.4, 0.5) is 5.69 Å². The van der Waals surface area contributed by atoms with Crippen molar-refractivity contribution in [3.05, 3.63) is 76.5 Å². The van der Waals surface area contributed by atoms with Crippen LogP contribution in [0.2, 0.25) is 0 Å². The number of imidazole rings is 1. The first-order chi connectivity index (χ1) is 15.6. The second-order valence-electron chi connectivity index (χ2n) is 8.09. The Bertz CT molecular complexity index is 1150. The van der Waals surface area contributed by atoms with Crippen LogP contribution in [0, 0.1) is 10.1 Å². The Labute approximate surface area is 190 Å². The number of hydrogen-bond acceptors (Lipinski definition) is 6. The minimum atomic E-state index is -0.377. The Balaban J connectivity index is 1.26. The predicted molar refractivity (Wildman–Crippen MR) is 122 cm³/mol. The van der Waals surface area contributed by atoms with Crippen LogP contribution in [0.5, 0.6) is 0 Å². The lowest BCUT2D eigenvalue weighted by Gasteiger charge is -2.35. The summed E-state index contributed by atoms with van der Waals surface area (Å²) in [5.74, 6) is 0.987. The van der Waals surface area contributed by atoms with E-state index in [9.17, 15) is 14.9 Å². The number of hydrogen-bond donors (Lipinski definition) is 0. The van der Waals surface area contributed by atoms with E-state index in [1.54, 1.807) is 30.0 Å². The van der Waals surface area contributed by atoms with Gasteiger partial charge in [-0.05, 0) is 11.6 Å². The fourth-order valence-corrected chi connectivity index (χ4v) is 5.42. The van der Waals surface area contributed by atoms with E-state index in [2.05, 4.69) is 26.6 Å². The molecule has 1 unspecified atom stereocenters. The summed E-state index contributed by atoms with van der Waals surface area (Å²) in [6.45, 7) is 3.38. The number of nitro benzene ring substituents is 1. The molecule has 1 fully saturated rings. The molecule has 5 rings (SSSR count). The van der Waals surface area contributed by atoms with E-state index in [0.717, 1.165) is 24.0 Å². The molecule has 1 amide bonds. The summed E-state index contributed by atoms with van der Waals surface area (Å²) in [5.41, 5.74) is 2.38. The fourth-order valence-electron chi connectivity index (χ4n) is 4.30. The minimum absolute atomic E-state index is 0.0514. The summed E-state index contributed by atoms with van der Waals surface area (Å²) in [7, 11) is 0. The highest BCUT2D eigenvalue weighted by atomic mass is 32.2. The summed E-state index contributed by atoms with van der Waals surface area (Å²) in [6.07, 6.45) is 1.89. The number of amides is 1. The molecular weight excluding hydrogens is 426 g/mol. The maximum absolute atomic E-state index is 12.8. The minimum Gasteiger partial charge on any atom is -0.338 e. The van der Waals surface area contributed by atoms with Crippen molar-refractivity contribution in [2.45, 2.75) is 17.7 Å². The fraction of sp³-hybridized carbons (Fsp3) is 0.304. The zero-order valence-electron chi connectivity index (χ0n) is 17.5. The van der Waals surface area contributed by atoms with E-state index in [-0.39, 0.29) is 22.6 Å². The first kappa shape index (κ1) is 20.7. The highest BCUT2D eigenvalue weighted by Gasteiger charge is 2.31. The van der Waals surface area contributed by atoms with Crippen LogP contribution in [0.3, 0.4) is 0 Å². The van der Waals surface area contributed by atoms with Gasteiger partial charge in [-0.15, -0.1) is 0 Å². The molecule has 0 saturated carbocycles. The van der Waals surface area contributed by atoms with Gasteiger partial charge in [0.15, 0.2) is 5.16 Å². The Kier molecular flexibility index (Phi) is 5.67. The van der Waals surface area contributed by atoms with Crippen molar-refractivity contribution in [2.75, 3.05) is 31.9 Å². The second kappa shape index (κ2) is 8.76. The van der Waals surface area contributed by atoms with Crippen LogP contribution in [-0.4, -0.2) is 62.1 Å². The smallest absolute Gasteiger partial charge is 0.278 e. The zero-order valence-corrected chi connectivity index (χ0v) is 18.3. The molecule has 0 bridgehead atoms. The molecule has 1 atom stereocenters. The summed E-state index contributed by atoms with van der Waals surface area (Å²) in [4.78, 5) is 32.6. The Morgan fingerprint density at radius 1 is 1.09 bits per heavy atom. The van der Waals surface area contributed by atoms with Crippen LogP contribution in [0.1, 0.15) is 11.6 Å². The standard InChI is InChI=1S/C23H23N5O3S/c29-22-15-25(12-17-6-2-1-3-7-17)10-11-26(22)13-18-16-32-23-24-20(14-27(18)23)19-8-4-5-9-21(19)28(30)31/h1-9,14,18H,10-13,15-16H2. The third-order valence-corrected chi connectivity index (χ3v) is 7.06. The molecule has 9 heteroatoms. The number of nitrogens with zero attached hydrogens (tertiary/aromatic N) is 5. The van der Waals surface area contributed by atoms with E-state index in [1.807, 2.05) is 29.3 Å². The lowest BCUT2D eigenvalue weighted by Crippen LogP contribution is -2.51. The average Bonchev–Trinajstić information content (AvgIpc) is 3.38. The number of aromatic nitrogens is 2. The molecule has 1 aromatic heterocycles. The van der Waals surface area contributed by atoms with Gasteiger partial charge in [-0.2, -0.15) is 0 Å². The summed E-state index contributed by atoms with van der Waals surface area (Å²) < 4.78 is 2.07. The number of carbonyl (C=O) groups excluding carboxylic acids is 1. The number of piperazine rings is 1. The summed E-state index contributed by atoms with van der Waals surface area (Å²) in [6, 6.07) is 17.0. The van der Waals surface area contributed by atoms with Crippen molar-refractivity contribution in [1.29, 1.82) is 0 Å². The van der Waals surface area contributed by atoms with Gasteiger partial charge >= 0.3 is 0 Å². The Morgan fingerprint density at radius 2 is 1.88 bits per heavy atom. The molecule has 0 spiro atoms. The van der Waals surface area contributed by atoms with Crippen molar-refractivity contribution >= 4 is 23.4 Å². The molecule has 2 aliphatic heterocycles. The number of para-hydroxylation sites is 1. The topological polar surface area (TPSA) is 84.5 Å². The van der Waals surface area contributed by atoms with Gasteiger partial charge in [0, 0.05) is 44.2 Å². The largest absolute Gasteiger partial charge is 0.338 e. The van der Waals surface area contributed by atoms with Crippen molar-refractivity contribution in [1.82, 2.24) is 19.4 Å². The van der Waals surface area contributed by atoms with Crippen molar-refractivity contribution in [2.24, 2.45) is 0 Å². The van der Waals surface area contributed by atoms with Gasteiger partial charge < -0.3 is 9.47 Å². The number of carbonyl (C=O) groups is 1. The number of fused-ring (bicyclic) bond motifs is 1. The monoisotopic (exact) mass is 449 g/mol. The van der Waals surface area contributed by atoms with Gasteiger partial charge in [0.2, 0.25) is 5.91 Å². The Morgan fingerprint density at radius 3 is 2.66 bits per heavy atom. The molecule has 0 aliphatic carbocycles. The molecule has 2 aromatic carbocycles. The predicted octanol–water partition coefficient (Wildman–Crippen LogP) is 3.45.